The number of aryl methyl sites for hydroxylation is 1. The number of carbonyl (C=O) groups excluding carboxylic acids is 1. The molecule has 0 bridgehead atoms. The van der Waals surface area contributed by atoms with Gasteiger partial charge in [-0.1, -0.05) is 18.0 Å². The Labute approximate surface area is 137 Å². The van der Waals surface area contributed by atoms with E-state index in [1.807, 2.05) is 18.2 Å². The Morgan fingerprint density at radius 2 is 1.95 bits per heavy atom. The molecule has 3 heteroatoms. The van der Waals surface area contributed by atoms with Gasteiger partial charge in [-0.05, 0) is 81.3 Å². The highest BCUT2D eigenvalue weighted by Crippen LogP contribution is 2.44. The highest BCUT2D eigenvalue weighted by atomic mass is 35.5. The summed E-state index contributed by atoms with van der Waals surface area (Å²) in [5, 5.41) is 0.748. The SMILES string of the molecule is O=C1c2ccc(Cl)cc2CCC12CCN(CC1CCC1)CC2. The fourth-order valence-corrected chi connectivity index (χ4v) is 4.64. The van der Waals surface area contributed by atoms with Crippen molar-refractivity contribution in [2.24, 2.45) is 11.3 Å². The van der Waals surface area contributed by atoms with Crippen molar-refractivity contribution in [2.45, 2.75) is 44.9 Å². The third-order valence-corrected chi connectivity index (χ3v) is 6.46. The lowest BCUT2D eigenvalue weighted by atomic mass is 9.65. The number of benzene rings is 1. The van der Waals surface area contributed by atoms with E-state index < -0.39 is 0 Å². The number of fused-ring (bicyclic) bond motifs is 1. The summed E-state index contributed by atoms with van der Waals surface area (Å²) in [7, 11) is 0. The summed E-state index contributed by atoms with van der Waals surface area (Å²) in [4.78, 5) is 15.6. The van der Waals surface area contributed by atoms with Gasteiger partial charge in [-0.2, -0.15) is 0 Å². The van der Waals surface area contributed by atoms with E-state index in [1.165, 1.54) is 25.8 Å². The molecule has 2 nitrogen and oxygen atoms in total. The van der Waals surface area contributed by atoms with Crippen LogP contribution in [0.25, 0.3) is 0 Å². The van der Waals surface area contributed by atoms with Crippen molar-refractivity contribution in [1.29, 1.82) is 0 Å². The Bertz CT molecular complexity index is 585. The molecule has 1 aromatic rings. The molecule has 3 aliphatic rings. The number of piperidine rings is 1. The topological polar surface area (TPSA) is 20.3 Å². The molecule has 1 spiro atoms. The van der Waals surface area contributed by atoms with Gasteiger partial charge in [0.2, 0.25) is 0 Å². The fraction of sp³-hybridized carbons (Fsp3) is 0.632. The molecule has 0 atom stereocenters. The van der Waals surface area contributed by atoms with Crippen LogP contribution in [0.15, 0.2) is 18.2 Å². The zero-order chi connectivity index (χ0) is 15.2. The normalized spacial score (nSPS) is 25.0. The largest absolute Gasteiger partial charge is 0.303 e. The Morgan fingerprint density at radius 1 is 1.18 bits per heavy atom. The third kappa shape index (κ3) is 2.51. The molecule has 118 valence electrons. The molecule has 0 radical (unpaired) electrons. The Balaban J connectivity index is 1.47. The van der Waals surface area contributed by atoms with E-state index in [2.05, 4.69) is 4.90 Å². The number of rotatable bonds is 2. The monoisotopic (exact) mass is 317 g/mol. The summed E-state index contributed by atoms with van der Waals surface area (Å²) in [5.41, 5.74) is 2.00. The molecule has 2 fully saturated rings. The molecule has 1 heterocycles. The summed E-state index contributed by atoms with van der Waals surface area (Å²) in [6.07, 6.45) is 8.34. The van der Waals surface area contributed by atoms with Crippen LogP contribution in [0.3, 0.4) is 0 Å². The van der Waals surface area contributed by atoms with Gasteiger partial charge < -0.3 is 4.90 Å². The van der Waals surface area contributed by atoms with Crippen molar-refractivity contribution in [3.05, 3.63) is 34.3 Å². The van der Waals surface area contributed by atoms with E-state index in [0.29, 0.717) is 5.78 Å². The van der Waals surface area contributed by atoms with Gasteiger partial charge in [0.15, 0.2) is 5.78 Å². The van der Waals surface area contributed by atoms with Gasteiger partial charge in [0.1, 0.15) is 0 Å². The van der Waals surface area contributed by atoms with Gasteiger partial charge in [-0.25, -0.2) is 0 Å². The molecule has 1 aliphatic heterocycles. The van der Waals surface area contributed by atoms with Crippen LogP contribution in [-0.4, -0.2) is 30.3 Å². The number of carbonyl (C=O) groups is 1. The molecule has 0 N–H and O–H groups in total. The molecule has 0 unspecified atom stereocenters. The first-order chi connectivity index (χ1) is 10.7. The Morgan fingerprint density at radius 3 is 2.64 bits per heavy atom. The molecule has 0 aromatic heterocycles. The van der Waals surface area contributed by atoms with Crippen molar-refractivity contribution in [3.8, 4) is 0 Å². The molecule has 2 aliphatic carbocycles. The lowest BCUT2D eigenvalue weighted by Gasteiger charge is -2.44. The third-order valence-electron chi connectivity index (χ3n) is 6.22. The first-order valence-corrected chi connectivity index (χ1v) is 9.10. The number of hydrogen-bond donors (Lipinski definition) is 0. The van der Waals surface area contributed by atoms with E-state index in [1.54, 1.807) is 0 Å². The molecular weight excluding hydrogens is 294 g/mol. The summed E-state index contributed by atoms with van der Waals surface area (Å²) in [6.45, 7) is 3.47. The van der Waals surface area contributed by atoms with Crippen LogP contribution < -0.4 is 0 Å². The van der Waals surface area contributed by atoms with Crippen LogP contribution in [0.4, 0.5) is 0 Å². The van der Waals surface area contributed by atoms with Crippen molar-refractivity contribution in [2.75, 3.05) is 19.6 Å². The van der Waals surface area contributed by atoms with Gasteiger partial charge in [0.25, 0.3) is 0 Å². The van der Waals surface area contributed by atoms with E-state index in [4.69, 9.17) is 11.6 Å². The molecule has 1 aromatic carbocycles. The van der Waals surface area contributed by atoms with Gasteiger partial charge in [0, 0.05) is 22.5 Å². The van der Waals surface area contributed by atoms with Crippen molar-refractivity contribution in [1.82, 2.24) is 4.90 Å². The minimum Gasteiger partial charge on any atom is -0.303 e. The van der Waals surface area contributed by atoms with E-state index in [-0.39, 0.29) is 5.41 Å². The molecule has 1 saturated heterocycles. The Kier molecular flexibility index (Phi) is 3.78. The second-order valence-corrected chi connectivity index (χ2v) is 7.94. The summed E-state index contributed by atoms with van der Waals surface area (Å²) < 4.78 is 0. The van der Waals surface area contributed by atoms with Crippen LogP contribution in [0.5, 0.6) is 0 Å². The number of nitrogens with zero attached hydrogens (tertiary/aromatic N) is 1. The minimum absolute atomic E-state index is 0.0864. The molecule has 4 rings (SSSR count). The molecule has 22 heavy (non-hydrogen) atoms. The summed E-state index contributed by atoms with van der Waals surface area (Å²) >= 11 is 6.07. The lowest BCUT2D eigenvalue weighted by molar-refractivity contribution is 0.0480. The number of halogens is 1. The first-order valence-electron chi connectivity index (χ1n) is 8.72. The number of hydrogen-bond acceptors (Lipinski definition) is 2. The van der Waals surface area contributed by atoms with Gasteiger partial charge >= 0.3 is 0 Å². The van der Waals surface area contributed by atoms with Crippen LogP contribution in [-0.2, 0) is 6.42 Å². The van der Waals surface area contributed by atoms with Crippen LogP contribution in [0, 0.1) is 11.3 Å². The number of ketones is 1. The zero-order valence-corrected chi connectivity index (χ0v) is 13.9. The maximum Gasteiger partial charge on any atom is 0.169 e. The average Bonchev–Trinajstić information content (AvgIpc) is 2.49. The van der Waals surface area contributed by atoms with Gasteiger partial charge in [-0.3, -0.25) is 4.79 Å². The predicted molar refractivity (Wildman–Crippen MR) is 89.6 cm³/mol. The van der Waals surface area contributed by atoms with E-state index >= 15 is 0 Å². The summed E-state index contributed by atoms with van der Waals surface area (Å²) in [6, 6.07) is 5.79. The minimum atomic E-state index is -0.0864. The molecular formula is C19H24ClNO. The van der Waals surface area contributed by atoms with Gasteiger partial charge in [-0.15, -0.1) is 0 Å². The van der Waals surface area contributed by atoms with Crippen LogP contribution in [0.1, 0.15) is 54.4 Å². The van der Waals surface area contributed by atoms with Crippen LogP contribution in [0.2, 0.25) is 5.02 Å². The zero-order valence-electron chi connectivity index (χ0n) is 13.1. The maximum atomic E-state index is 13.0. The predicted octanol–water partition coefficient (Wildman–Crippen LogP) is 4.35. The number of Topliss-reactive ketones (excluding diaryl/α,β-unsaturated/α-hetero) is 1. The van der Waals surface area contributed by atoms with E-state index in [0.717, 1.165) is 60.8 Å². The van der Waals surface area contributed by atoms with Gasteiger partial charge in [0.05, 0.1) is 0 Å². The second kappa shape index (κ2) is 5.65. The van der Waals surface area contributed by atoms with Crippen molar-refractivity contribution >= 4 is 17.4 Å². The fourth-order valence-electron chi connectivity index (χ4n) is 4.45. The second-order valence-electron chi connectivity index (χ2n) is 7.51. The quantitative estimate of drug-likeness (QED) is 0.808. The van der Waals surface area contributed by atoms with E-state index in [9.17, 15) is 4.79 Å². The van der Waals surface area contributed by atoms with Crippen molar-refractivity contribution in [3.63, 3.8) is 0 Å². The Hall–Kier alpha value is -0.860. The highest BCUT2D eigenvalue weighted by molar-refractivity contribution is 6.30. The summed E-state index contributed by atoms with van der Waals surface area (Å²) in [5.74, 6) is 1.31. The lowest BCUT2D eigenvalue weighted by Crippen LogP contribution is -2.47. The first kappa shape index (κ1) is 14.7. The van der Waals surface area contributed by atoms with Crippen LogP contribution >= 0.6 is 11.6 Å². The average molecular weight is 318 g/mol. The highest BCUT2D eigenvalue weighted by Gasteiger charge is 2.44. The standard InChI is InChI=1S/C19H24ClNO/c20-16-4-5-17-15(12-16)6-7-19(18(17)22)8-10-21(11-9-19)13-14-2-1-3-14/h4-5,12,14H,1-3,6-11,13H2. The molecule has 1 saturated carbocycles. The number of likely N-dealkylation sites (tertiary alicyclic amines) is 1. The maximum absolute atomic E-state index is 13.0. The smallest absolute Gasteiger partial charge is 0.169 e. The molecule has 0 amide bonds. The van der Waals surface area contributed by atoms with Crippen molar-refractivity contribution < 1.29 is 4.79 Å².